The Bertz CT molecular complexity index is 658. The van der Waals surface area contributed by atoms with E-state index < -0.39 is 20.7 Å². The van der Waals surface area contributed by atoms with Gasteiger partial charge in [-0.05, 0) is 44.4 Å². The molecule has 1 fully saturated rings. The van der Waals surface area contributed by atoms with E-state index in [4.69, 9.17) is 5.14 Å². The summed E-state index contributed by atoms with van der Waals surface area (Å²) in [7, 11) is -4.19. The second-order valence-corrected chi connectivity index (χ2v) is 6.67. The number of sulfonamides is 1. The number of hydrogen-bond donors (Lipinski definition) is 1. The van der Waals surface area contributed by atoms with Crippen LogP contribution in [0.25, 0.3) is 0 Å². The Morgan fingerprint density at radius 2 is 2.10 bits per heavy atom. The van der Waals surface area contributed by atoms with E-state index in [2.05, 4.69) is 0 Å². The third kappa shape index (κ3) is 2.69. The van der Waals surface area contributed by atoms with Gasteiger partial charge in [0.1, 0.15) is 10.7 Å². The highest BCUT2D eigenvalue weighted by atomic mass is 32.2. The molecule has 5 nitrogen and oxygen atoms in total. The summed E-state index contributed by atoms with van der Waals surface area (Å²) in [6.45, 7) is 3.97. The van der Waals surface area contributed by atoms with Gasteiger partial charge >= 0.3 is 0 Å². The molecule has 110 valence electrons. The van der Waals surface area contributed by atoms with Crippen LogP contribution in [0, 0.1) is 12.7 Å². The number of rotatable bonds is 2. The summed E-state index contributed by atoms with van der Waals surface area (Å²) < 4.78 is 36.6. The van der Waals surface area contributed by atoms with Crippen molar-refractivity contribution in [2.45, 2.75) is 37.6 Å². The monoisotopic (exact) mass is 300 g/mol. The van der Waals surface area contributed by atoms with E-state index >= 15 is 0 Å². The summed E-state index contributed by atoms with van der Waals surface area (Å²) in [5.74, 6) is -1.19. The number of halogens is 1. The average molecular weight is 300 g/mol. The number of hydrogen-bond acceptors (Lipinski definition) is 3. The van der Waals surface area contributed by atoms with Crippen LogP contribution >= 0.6 is 0 Å². The predicted molar refractivity (Wildman–Crippen MR) is 72.2 cm³/mol. The van der Waals surface area contributed by atoms with Crippen molar-refractivity contribution in [1.82, 2.24) is 4.90 Å². The molecule has 1 aromatic rings. The van der Waals surface area contributed by atoms with E-state index in [0.717, 1.165) is 18.9 Å². The van der Waals surface area contributed by atoms with Crippen LogP contribution < -0.4 is 5.14 Å². The van der Waals surface area contributed by atoms with Crippen molar-refractivity contribution < 1.29 is 17.6 Å². The van der Waals surface area contributed by atoms with Crippen LogP contribution in [0.3, 0.4) is 0 Å². The van der Waals surface area contributed by atoms with E-state index in [1.807, 2.05) is 6.92 Å². The third-order valence-corrected chi connectivity index (χ3v) is 4.50. The number of likely N-dealkylation sites (tertiary alicyclic amines) is 1. The third-order valence-electron chi connectivity index (χ3n) is 3.59. The molecule has 20 heavy (non-hydrogen) atoms. The van der Waals surface area contributed by atoms with E-state index in [-0.39, 0.29) is 23.1 Å². The fourth-order valence-corrected chi connectivity index (χ4v) is 3.17. The van der Waals surface area contributed by atoms with Gasteiger partial charge in [0.15, 0.2) is 0 Å². The van der Waals surface area contributed by atoms with Gasteiger partial charge in [0.05, 0.1) is 0 Å². The van der Waals surface area contributed by atoms with Gasteiger partial charge in [0, 0.05) is 18.2 Å². The molecular weight excluding hydrogens is 283 g/mol. The topological polar surface area (TPSA) is 80.5 Å². The Kier molecular flexibility index (Phi) is 3.84. The van der Waals surface area contributed by atoms with Crippen molar-refractivity contribution >= 4 is 15.9 Å². The van der Waals surface area contributed by atoms with Gasteiger partial charge in [-0.1, -0.05) is 0 Å². The maximum atomic E-state index is 13.8. The maximum absolute atomic E-state index is 13.8. The Balaban J connectivity index is 2.48. The molecule has 0 bridgehead atoms. The fourth-order valence-electron chi connectivity index (χ4n) is 2.47. The van der Waals surface area contributed by atoms with Crippen LogP contribution in [0.4, 0.5) is 4.39 Å². The van der Waals surface area contributed by atoms with Crippen LogP contribution in [0.2, 0.25) is 0 Å². The number of primary sulfonamides is 1. The number of nitrogens with zero attached hydrogens (tertiary/aromatic N) is 1. The maximum Gasteiger partial charge on any atom is 0.254 e. The molecule has 1 saturated heterocycles. The lowest BCUT2D eigenvalue weighted by atomic mass is 10.1. The number of carbonyl (C=O) groups excluding carboxylic acids is 1. The highest BCUT2D eigenvalue weighted by Gasteiger charge is 2.28. The zero-order chi connectivity index (χ0) is 15.1. The molecule has 2 N–H and O–H groups in total. The molecule has 1 aromatic carbocycles. The van der Waals surface area contributed by atoms with Gasteiger partial charge in [0.2, 0.25) is 10.0 Å². The second kappa shape index (κ2) is 5.14. The molecule has 2 rings (SSSR count). The molecule has 1 atom stereocenters. The van der Waals surface area contributed by atoms with Crippen molar-refractivity contribution in [3.05, 3.63) is 29.1 Å². The van der Waals surface area contributed by atoms with Crippen molar-refractivity contribution in [3.8, 4) is 0 Å². The normalized spacial score (nSPS) is 19.4. The fraction of sp³-hybridized carbons (Fsp3) is 0.462. The van der Waals surface area contributed by atoms with Gasteiger partial charge in [-0.2, -0.15) is 0 Å². The van der Waals surface area contributed by atoms with Crippen LogP contribution in [-0.2, 0) is 10.0 Å². The van der Waals surface area contributed by atoms with Gasteiger partial charge in [0.25, 0.3) is 5.91 Å². The molecule has 0 spiro atoms. The van der Waals surface area contributed by atoms with Gasteiger partial charge in [-0.15, -0.1) is 0 Å². The molecule has 1 unspecified atom stereocenters. The summed E-state index contributed by atoms with van der Waals surface area (Å²) in [5, 5.41) is 4.98. The summed E-state index contributed by atoms with van der Waals surface area (Å²) in [6, 6.07) is 2.48. The molecule has 1 aliphatic heterocycles. The minimum atomic E-state index is -4.19. The molecule has 1 heterocycles. The molecule has 7 heteroatoms. The minimum absolute atomic E-state index is 0.0896. The summed E-state index contributed by atoms with van der Waals surface area (Å²) in [5.41, 5.74) is 0.244. The lowest BCUT2D eigenvalue weighted by molar-refractivity contribution is 0.0747. The van der Waals surface area contributed by atoms with Crippen LogP contribution in [0.5, 0.6) is 0 Å². The number of amides is 1. The van der Waals surface area contributed by atoms with Gasteiger partial charge in [-0.25, -0.2) is 17.9 Å². The van der Waals surface area contributed by atoms with Crippen molar-refractivity contribution in [2.24, 2.45) is 5.14 Å². The zero-order valence-electron chi connectivity index (χ0n) is 11.4. The largest absolute Gasteiger partial charge is 0.336 e. The Morgan fingerprint density at radius 3 is 2.60 bits per heavy atom. The first-order valence-electron chi connectivity index (χ1n) is 6.35. The van der Waals surface area contributed by atoms with E-state index in [1.54, 1.807) is 4.90 Å². The molecular formula is C13H17FN2O3S. The SMILES string of the molecule is Cc1cc(C(=O)N2CCCC2C)cc(S(N)(=O)=O)c1F. The summed E-state index contributed by atoms with van der Waals surface area (Å²) in [6.07, 6.45) is 1.82. The van der Waals surface area contributed by atoms with Gasteiger partial charge in [-0.3, -0.25) is 4.79 Å². The molecule has 0 saturated carbocycles. The smallest absolute Gasteiger partial charge is 0.254 e. The Morgan fingerprint density at radius 1 is 1.45 bits per heavy atom. The summed E-state index contributed by atoms with van der Waals surface area (Å²) >= 11 is 0. The minimum Gasteiger partial charge on any atom is -0.336 e. The van der Waals surface area contributed by atoms with E-state index in [9.17, 15) is 17.6 Å². The molecule has 1 amide bonds. The van der Waals surface area contributed by atoms with Crippen LogP contribution in [0.15, 0.2) is 17.0 Å². The lowest BCUT2D eigenvalue weighted by Gasteiger charge is -2.22. The molecule has 1 aliphatic rings. The van der Waals surface area contributed by atoms with Gasteiger partial charge < -0.3 is 4.90 Å². The average Bonchev–Trinajstić information content (AvgIpc) is 2.76. The van der Waals surface area contributed by atoms with Crippen LogP contribution in [-0.4, -0.2) is 31.8 Å². The van der Waals surface area contributed by atoms with E-state index in [0.29, 0.717) is 6.54 Å². The highest BCUT2D eigenvalue weighted by molar-refractivity contribution is 7.89. The number of benzene rings is 1. The molecule has 0 radical (unpaired) electrons. The predicted octanol–water partition coefficient (Wildman–Crippen LogP) is 1.41. The first-order valence-corrected chi connectivity index (χ1v) is 7.90. The van der Waals surface area contributed by atoms with E-state index in [1.165, 1.54) is 13.0 Å². The molecule has 0 aromatic heterocycles. The second-order valence-electron chi connectivity index (χ2n) is 5.14. The molecule has 0 aliphatic carbocycles. The van der Waals surface area contributed by atoms with Crippen molar-refractivity contribution in [2.75, 3.05) is 6.54 Å². The van der Waals surface area contributed by atoms with Crippen LogP contribution in [0.1, 0.15) is 35.7 Å². The number of nitrogens with two attached hydrogens (primary N) is 1. The number of aryl methyl sites for hydroxylation is 1. The summed E-state index contributed by atoms with van der Waals surface area (Å²) in [4.78, 5) is 13.4. The standard InChI is InChI=1S/C13H17FN2O3S/c1-8-6-10(7-11(12(8)14)20(15,18)19)13(17)16-5-3-4-9(16)2/h6-7,9H,3-5H2,1-2H3,(H2,15,18,19). The Hall–Kier alpha value is -1.47. The quantitative estimate of drug-likeness (QED) is 0.896. The Labute approximate surface area is 117 Å². The number of carbonyl (C=O) groups is 1. The first-order chi connectivity index (χ1) is 9.21. The highest BCUT2D eigenvalue weighted by Crippen LogP contribution is 2.23. The first kappa shape index (κ1) is 14.9. The zero-order valence-corrected chi connectivity index (χ0v) is 12.2. The lowest BCUT2D eigenvalue weighted by Crippen LogP contribution is -2.34. The van der Waals surface area contributed by atoms with Crippen molar-refractivity contribution in [3.63, 3.8) is 0 Å². The van der Waals surface area contributed by atoms with Crippen molar-refractivity contribution in [1.29, 1.82) is 0 Å².